The first kappa shape index (κ1) is 15.9. The number of hydrogen-bond acceptors (Lipinski definition) is 4. The SMILES string of the molecule is Cc1cccc(CS(=O)(=O)N[C@H]2CCO[C@@]3(CCOC3)C2)c1. The fourth-order valence-electron chi connectivity index (χ4n) is 3.31. The third-order valence-corrected chi connectivity index (χ3v) is 5.75. The van der Waals surface area contributed by atoms with Gasteiger partial charge in [-0.15, -0.1) is 0 Å². The minimum absolute atomic E-state index is 0.0234. The molecule has 0 radical (unpaired) electrons. The predicted molar refractivity (Wildman–Crippen MR) is 84.1 cm³/mol. The molecule has 122 valence electrons. The number of benzene rings is 1. The third-order valence-electron chi connectivity index (χ3n) is 4.35. The lowest BCUT2D eigenvalue weighted by Crippen LogP contribution is -2.49. The van der Waals surface area contributed by atoms with Gasteiger partial charge in [0, 0.05) is 25.7 Å². The maximum Gasteiger partial charge on any atom is 0.216 e. The molecule has 1 spiro atoms. The quantitative estimate of drug-likeness (QED) is 0.916. The molecule has 2 aliphatic rings. The molecule has 2 heterocycles. The lowest BCUT2D eigenvalue weighted by molar-refractivity contribution is -0.0868. The van der Waals surface area contributed by atoms with Gasteiger partial charge in [0.25, 0.3) is 0 Å². The smallest absolute Gasteiger partial charge is 0.216 e. The van der Waals surface area contributed by atoms with E-state index in [1.54, 1.807) is 0 Å². The Labute approximate surface area is 132 Å². The molecule has 0 saturated carbocycles. The number of aryl methyl sites for hydroxylation is 1. The van der Waals surface area contributed by atoms with E-state index in [0.29, 0.717) is 26.2 Å². The lowest BCUT2D eigenvalue weighted by Gasteiger charge is -2.37. The van der Waals surface area contributed by atoms with Gasteiger partial charge in [-0.25, -0.2) is 13.1 Å². The molecule has 0 aromatic heterocycles. The zero-order valence-corrected chi connectivity index (χ0v) is 13.7. The largest absolute Gasteiger partial charge is 0.378 e. The van der Waals surface area contributed by atoms with E-state index in [0.717, 1.165) is 24.0 Å². The Morgan fingerprint density at radius 2 is 2.23 bits per heavy atom. The van der Waals surface area contributed by atoms with Crippen molar-refractivity contribution in [1.82, 2.24) is 4.72 Å². The second-order valence-corrected chi connectivity index (χ2v) is 8.14. The van der Waals surface area contributed by atoms with Crippen LogP contribution in [0.5, 0.6) is 0 Å². The van der Waals surface area contributed by atoms with Crippen molar-refractivity contribution >= 4 is 10.0 Å². The van der Waals surface area contributed by atoms with E-state index < -0.39 is 10.0 Å². The second-order valence-electron chi connectivity index (χ2n) is 6.39. The van der Waals surface area contributed by atoms with E-state index in [1.165, 1.54) is 0 Å². The average Bonchev–Trinajstić information content (AvgIpc) is 2.85. The Balaban J connectivity index is 1.63. The van der Waals surface area contributed by atoms with Gasteiger partial charge >= 0.3 is 0 Å². The molecular weight excluding hydrogens is 302 g/mol. The zero-order valence-electron chi connectivity index (χ0n) is 12.9. The second kappa shape index (κ2) is 6.28. The minimum Gasteiger partial charge on any atom is -0.378 e. The van der Waals surface area contributed by atoms with Crippen molar-refractivity contribution in [3.63, 3.8) is 0 Å². The van der Waals surface area contributed by atoms with E-state index >= 15 is 0 Å². The van der Waals surface area contributed by atoms with Crippen LogP contribution in [0.25, 0.3) is 0 Å². The van der Waals surface area contributed by atoms with E-state index in [2.05, 4.69) is 4.72 Å². The first-order valence-corrected chi connectivity index (χ1v) is 9.39. The summed E-state index contributed by atoms with van der Waals surface area (Å²) in [5.41, 5.74) is 1.61. The number of ether oxygens (including phenoxy) is 2. The van der Waals surface area contributed by atoms with Gasteiger partial charge in [0.05, 0.1) is 18.0 Å². The zero-order chi connectivity index (χ0) is 15.6. The van der Waals surface area contributed by atoms with Crippen LogP contribution in [0.2, 0.25) is 0 Å². The van der Waals surface area contributed by atoms with Crippen LogP contribution in [0.4, 0.5) is 0 Å². The highest BCUT2D eigenvalue weighted by molar-refractivity contribution is 7.88. The summed E-state index contributed by atoms with van der Waals surface area (Å²) in [5.74, 6) is 0.0234. The highest BCUT2D eigenvalue weighted by Crippen LogP contribution is 2.33. The van der Waals surface area contributed by atoms with Gasteiger partial charge in [-0.1, -0.05) is 29.8 Å². The van der Waals surface area contributed by atoms with Crippen LogP contribution in [-0.2, 0) is 25.2 Å². The average molecular weight is 325 g/mol. The molecule has 5 nitrogen and oxygen atoms in total. The summed E-state index contributed by atoms with van der Waals surface area (Å²) in [4.78, 5) is 0. The van der Waals surface area contributed by atoms with Gasteiger partial charge in [0.15, 0.2) is 0 Å². The molecule has 2 saturated heterocycles. The van der Waals surface area contributed by atoms with E-state index in [1.807, 2.05) is 31.2 Å². The molecule has 1 aromatic rings. The lowest BCUT2D eigenvalue weighted by atomic mass is 9.90. The summed E-state index contributed by atoms with van der Waals surface area (Å²) in [6.45, 7) is 3.82. The van der Waals surface area contributed by atoms with Crippen molar-refractivity contribution in [2.75, 3.05) is 19.8 Å². The van der Waals surface area contributed by atoms with E-state index in [4.69, 9.17) is 9.47 Å². The van der Waals surface area contributed by atoms with Crippen LogP contribution < -0.4 is 4.72 Å². The van der Waals surface area contributed by atoms with Gasteiger partial charge < -0.3 is 9.47 Å². The Morgan fingerprint density at radius 1 is 1.36 bits per heavy atom. The first-order chi connectivity index (χ1) is 10.5. The van der Waals surface area contributed by atoms with Gasteiger partial charge in [-0.3, -0.25) is 0 Å². The van der Waals surface area contributed by atoms with Crippen LogP contribution in [0.3, 0.4) is 0 Å². The van der Waals surface area contributed by atoms with Gasteiger partial charge in [0.2, 0.25) is 10.0 Å². The molecule has 22 heavy (non-hydrogen) atoms. The summed E-state index contributed by atoms with van der Waals surface area (Å²) >= 11 is 0. The topological polar surface area (TPSA) is 64.6 Å². The van der Waals surface area contributed by atoms with Crippen molar-refractivity contribution in [2.45, 2.75) is 43.6 Å². The number of hydrogen-bond donors (Lipinski definition) is 1. The highest BCUT2D eigenvalue weighted by atomic mass is 32.2. The van der Waals surface area contributed by atoms with Crippen molar-refractivity contribution < 1.29 is 17.9 Å². The molecule has 2 atom stereocenters. The molecule has 3 rings (SSSR count). The Morgan fingerprint density at radius 3 is 2.95 bits per heavy atom. The van der Waals surface area contributed by atoms with Crippen LogP contribution in [0.15, 0.2) is 24.3 Å². The summed E-state index contributed by atoms with van der Waals surface area (Å²) in [6.07, 6.45) is 2.26. The molecule has 2 fully saturated rings. The Bertz CT molecular complexity index is 623. The summed E-state index contributed by atoms with van der Waals surface area (Å²) in [5, 5.41) is 0. The van der Waals surface area contributed by atoms with Crippen molar-refractivity contribution in [3.05, 3.63) is 35.4 Å². The fourth-order valence-corrected chi connectivity index (χ4v) is 4.72. The fraction of sp³-hybridized carbons (Fsp3) is 0.625. The first-order valence-electron chi connectivity index (χ1n) is 7.74. The van der Waals surface area contributed by atoms with E-state index in [9.17, 15) is 8.42 Å². The van der Waals surface area contributed by atoms with Crippen molar-refractivity contribution in [2.24, 2.45) is 0 Å². The number of nitrogens with one attached hydrogen (secondary N) is 1. The number of sulfonamides is 1. The highest BCUT2D eigenvalue weighted by Gasteiger charge is 2.41. The van der Waals surface area contributed by atoms with Crippen LogP contribution in [-0.4, -0.2) is 39.9 Å². The molecule has 6 heteroatoms. The molecule has 0 bridgehead atoms. The van der Waals surface area contributed by atoms with Crippen molar-refractivity contribution in [3.8, 4) is 0 Å². The normalized spacial score (nSPS) is 29.0. The van der Waals surface area contributed by atoms with Gasteiger partial charge in [0.1, 0.15) is 0 Å². The number of rotatable bonds is 4. The molecular formula is C16H23NO4S. The predicted octanol–water partition coefficient (Wildman–Crippen LogP) is 1.75. The van der Waals surface area contributed by atoms with Crippen LogP contribution in [0, 0.1) is 6.92 Å². The molecule has 1 N–H and O–H groups in total. The molecule has 0 unspecified atom stereocenters. The summed E-state index contributed by atoms with van der Waals surface area (Å²) in [6, 6.07) is 7.55. The van der Waals surface area contributed by atoms with Gasteiger partial charge in [-0.05, 0) is 25.3 Å². The van der Waals surface area contributed by atoms with Gasteiger partial charge in [-0.2, -0.15) is 0 Å². The molecule has 2 aliphatic heterocycles. The maximum atomic E-state index is 12.4. The Kier molecular flexibility index (Phi) is 4.54. The molecule has 0 amide bonds. The summed E-state index contributed by atoms with van der Waals surface area (Å²) < 4.78 is 38.9. The third kappa shape index (κ3) is 3.87. The van der Waals surface area contributed by atoms with Crippen molar-refractivity contribution in [1.29, 1.82) is 0 Å². The minimum atomic E-state index is -3.34. The maximum absolute atomic E-state index is 12.4. The molecule has 1 aromatic carbocycles. The molecule has 0 aliphatic carbocycles. The van der Waals surface area contributed by atoms with Crippen LogP contribution in [0.1, 0.15) is 30.4 Å². The summed E-state index contributed by atoms with van der Waals surface area (Å²) in [7, 11) is -3.34. The van der Waals surface area contributed by atoms with E-state index in [-0.39, 0.29) is 17.4 Å². The Hall–Kier alpha value is -0.950. The van der Waals surface area contributed by atoms with Crippen LogP contribution >= 0.6 is 0 Å². The monoisotopic (exact) mass is 325 g/mol. The standard InChI is InChI=1S/C16H23NO4S/c1-13-3-2-4-14(9-13)11-22(18,19)17-15-5-7-21-16(10-15)6-8-20-12-16/h2-4,9,15,17H,5-8,10-12H2,1H3/t15-,16-/m0/s1.